The summed E-state index contributed by atoms with van der Waals surface area (Å²) in [5.74, 6) is 1.78. The van der Waals surface area contributed by atoms with Crippen LogP contribution in [0.15, 0.2) is 0 Å². The monoisotopic (exact) mass is 195 g/mol. The van der Waals surface area contributed by atoms with Crippen LogP contribution in [0.5, 0.6) is 0 Å². The Balaban J connectivity index is 2.45. The van der Waals surface area contributed by atoms with Crippen molar-refractivity contribution < 1.29 is 14.3 Å². The number of terminal acetylenes is 1. The summed E-state index contributed by atoms with van der Waals surface area (Å²) in [7, 11) is 1.36. The molecule has 1 aliphatic rings. The Kier molecular flexibility index (Phi) is 3.52. The van der Waals surface area contributed by atoms with E-state index in [-0.39, 0.29) is 24.2 Å². The zero-order chi connectivity index (χ0) is 10.6. The van der Waals surface area contributed by atoms with Crippen molar-refractivity contribution in [2.75, 3.05) is 20.2 Å². The van der Waals surface area contributed by atoms with Gasteiger partial charge in [-0.15, -0.1) is 6.42 Å². The minimum Gasteiger partial charge on any atom is -0.469 e. The van der Waals surface area contributed by atoms with Gasteiger partial charge in [0.1, 0.15) is 0 Å². The lowest BCUT2D eigenvalue weighted by Gasteiger charge is -2.14. The highest BCUT2D eigenvalue weighted by Gasteiger charge is 2.30. The fourth-order valence-corrected chi connectivity index (χ4v) is 1.54. The number of nitrogens with zero attached hydrogens (tertiary/aromatic N) is 1. The summed E-state index contributed by atoms with van der Waals surface area (Å²) in [5, 5.41) is 0. The Hall–Kier alpha value is -1.50. The molecule has 0 aromatic heterocycles. The molecule has 0 saturated carbocycles. The first-order chi connectivity index (χ1) is 6.69. The van der Waals surface area contributed by atoms with Gasteiger partial charge in [0.25, 0.3) is 0 Å². The maximum atomic E-state index is 11.3. The number of ether oxygens (including phenoxy) is 1. The van der Waals surface area contributed by atoms with Gasteiger partial charge < -0.3 is 9.64 Å². The summed E-state index contributed by atoms with van der Waals surface area (Å²) in [4.78, 5) is 24.1. The van der Waals surface area contributed by atoms with Gasteiger partial charge >= 0.3 is 5.97 Å². The number of rotatable bonds is 2. The van der Waals surface area contributed by atoms with Gasteiger partial charge in [-0.2, -0.15) is 0 Å². The first kappa shape index (κ1) is 10.6. The Morgan fingerprint density at radius 3 is 2.93 bits per heavy atom. The number of hydrogen-bond acceptors (Lipinski definition) is 3. The second-order valence-corrected chi connectivity index (χ2v) is 3.23. The minimum atomic E-state index is -0.249. The molecule has 0 aromatic rings. The summed E-state index contributed by atoms with van der Waals surface area (Å²) in [6.45, 7) is 1.04. The van der Waals surface area contributed by atoms with Crippen LogP contribution in [0, 0.1) is 18.3 Å². The van der Waals surface area contributed by atoms with Crippen molar-refractivity contribution in [3.63, 3.8) is 0 Å². The third-order valence-corrected chi connectivity index (χ3v) is 2.33. The van der Waals surface area contributed by atoms with Crippen molar-refractivity contribution in [1.82, 2.24) is 4.90 Å². The fraction of sp³-hybridized carbons (Fsp3) is 0.600. The normalized spacial score (nSPS) is 20.3. The quantitative estimate of drug-likeness (QED) is 0.461. The van der Waals surface area contributed by atoms with Gasteiger partial charge in [0, 0.05) is 13.1 Å². The molecular weight excluding hydrogens is 182 g/mol. The van der Waals surface area contributed by atoms with Crippen LogP contribution >= 0.6 is 0 Å². The zero-order valence-corrected chi connectivity index (χ0v) is 8.16. The molecule has 0 N–H and O–H groups in total. The minimum absolute atomic E-state index is 0.0843. The zero-order valence-electron chi connectivity index (χ0n) is 8.16. The summed E-state index contributed by atoms with van der Waals surface area (Å²) in [6, 6.07) is 0. The van der Waals surface area contributed by atoms with Crippen molar-refractivity contribution in [3.8, 4) is 12.3 Å². The number of carbonyl (C=O) groups excluding carboxylic acids is 2. The molecule has 1 unspecified atom stereocenters. The summed E-state index contributed by atoms with van der Waals surface area (Å²) < 4.78 is 4.60. The SMILES string of the molecule is C#CCC(=O)N1CCC(C(=O)OC)C1. The van der Waals surface area contributed by atoms with Crippen LogP contribution in [0.4, 0.5) is 0 Å². The molecule has 0 bridgehead atoms. The van der Waals surface area contributed by atoms with E-state index in [1.165, 1.54) is 7.11 Å². The van der Waals surface area contributed by atoms with Gasteiger partial charge in [-0.1, -0.05) is 5.92 Å². The van der Waals surface area contributed by atoms with E-state index in [2.05, 4.69) is 10.7 Å². The standard InChI is InChI=1S/C10H13NO3/c1-3-4-9(12)11-6-5-8(7-11)10(13)14-2/h1,8H,4-7H2,2H3. The largest absolute Gasteiger partial charge is 0.469 e. The molecule has 4 heteroatoms. The van der Waals surface area contributed by atoms with Crippen molar-refractivity contribution in [1.29, 1.82) is 0 Å². The number of hydrogen-bond donors (Lipinski definition) is 0. The highest BCUT2D eigenvalue weighted by molar-refractivity contribution is 5.80. The van der Waals surface area contributed by atoms with E-state index in [4.69, 9.17) is 6.42 Å². The van der Waals surface area contributed by atoms with Crippen molar-refractivity contribution >= 4 is 11.9 Å². The number of amides is 1. The molecule has 76 valence electrons. The van der Waals surface area contributed by atoms with E-state index in [1.807, 2.05) is 0 Å². The first-order valence-corrected chi connectivity index (χ1v) is 4.48. The summed E-state index contributed by atoms with van der Waals surface area (Å²) in [6.07, 6.45) is 5.80. The predicted octanol–water partition coefficient (Wildman–Crippen LogP) is 0.0312. The lowest BCUT2D eigenvalue weighted by atomic mass is 10.1. The number of likely N-dealkylation sites (tertiary alicyclic amines) is 1. The van der Waals surface area contributed by atoms with Crippen LogP contribution in [-0.2, 0) is 14.3 Å². The predicted molar refractivity (Wildman–Crippen MR) is 50.2 cm³/mol. The topological polar surface area (TPSA) is 46.6 Å². The van der Waals surface area contributed by atoms with Crippen molar-refractivity contribution in [2.45, 2.75) is 12.8 Å². The second kappa shape index (κ2) is 4.66. The average molecular weight is 195 g/mol. The second-order valence-electron chi connectivity index (χ2n) is 3.23. The van der Waals surface area contributed by atoms with E-state index in [0.717, 1.165) is 0 Å². The molecule has 0 aromatic carbocycles. The molecule has 0 aliphatic carbocycles. The van der Waals surface area contributed by atoms with Gasteiger partial charge in [0.15, 0.2) is 0 Å². The molecule has 1 rings (SSSR count). The van der Waals surface area contributed by atoms with Gasteiger partial charge in [-0.3, -0.25) is 9.59 Å². The molecule has 1 amide bonds. The molecular formula is C10H13NO3. The molecule has 1 heterocycles. The Bertz CT molecular complexity index is 280. The molecule has 4 nitrogen and oxygen atoms in total. The van der Waals surface area contributed by atoms with E-state index >= 15 is 0 Å². The lowest BCUT2D eigenvalue weighted by Crippen LogP contribution is -2.29. The average Bonchev–Trinajstić information content (AvgIpc) is 2.66. The van der Waals surface area contributed by atoms with Crippen LogP contribution in [0.3, 0.4) is 0 Å². The molecule has 1 aliphatic heterocycles. The molecule has 1 saturated heterocycles. The first-order valence-electron chi connectivity index (χ1n) is 4.48. The van der Waals surface area contributed by atoms with E-state index in [1.54, 1.807) is 4.90 Å². The third kappa shape index (κ3) is 2.25. The van der Waals surface area contributed by atoms with Crippen molar-refractivity contribution in [3.05, 3.63) is 0 Å². The Labute approximate surface area is 83.2 Å². The van der Waals surface area contributed by atoms with Crippen molar-refractivity contribution in [2.24, 2.45) is 5.92 Å². The van der Waals surface area contributed by atoms with E-state index in [0.29, 0.717) is 19.5 Å². The van der Waals surface area contributed by atoms with E-state index in [9.17, 15) is 9.59 Å². The molecule has 0 radical (unpaired) electrons. The molecule has 1 atom stereocenters. The van der Waals surface area contributed by atoms with E-state index < -0.39 is 0 Å². The Morgan fingerprint density at radius 1 is 1.64 bits per heavy atom. The number of carbonyl (C=O) groups is 2. The van der Waals surface area contributed by atoms with Crippen LogP contribution in [-0.4, -0.2) is 37.0 Å². The molecule has 0 spiro atoms. The van der Waals surface area contributed by atoms with Gasteiger partial charge in [-0.05, 0) is 6.42 Å². The third-order valence-electron chi connectivity index (χ3n) is 2.33. The fourth-order valence-electron chi connectivity index (χ4n) is 1.54. The molecule has 14 heavy (non-hydrogen) atoms. The van der Waals surface area contributed by atoms with Gasteiger partial charge in [0.05, 0.1) is 19.4 Å². The van der Waals surface area contributed by atoms with Crippen LogP contribution in [0.2, 0.25) is 0 Å². The highest BCUT2D eigenvalue weighted by atomic mass is 16.5. The number of methoxy groups -OCH3 is 1. The Morgan fingerprint density at radius 2 is 2.36 bits per heavy atom. The summed E-state index contributed by atoms with van der Waals surface area (Å²) >= 11 is 0. The van der Waals surface area contributed by atoms with Gasteiger partial charge in [0.2, 0.25) is 5.91 Å². The van der Waals surface area contributed by atoms with Crippen LogP contribution < -0.4 is 0 Å². The highest BCUT2D eigenvalue weighted by Crippen LogP contribution is 2.17. The number of esters is 1. The smallest absolute Gasteiger partial charge is 0.310 e. The maximum absolute atomic E-state index is 11.3. The van der Waals surface area contributed by atoms with Crippen LogP contribution in [0.25, 0.3) is 0 Å². The molecule has 1 fully saturated rings. The summed E-state index contributed by atoms with van der Waals surface area (Å²) in [5.41, 5.74) is 0. The maximum Gasteiger partial charge on any atom is 0.310 e. The lowest BCUT2D eigenvalue weighted by molar-refractivity contribution is -0.145. The van der Waals surface area contributed by atoms with Crippen LogP contribution in [0.1, 0.15) is 12.8 Å². The van der Waals surface area contributed by atoms with Gasteiger partial charge in [-0.25, -0.2) is 0 Å².